The summed E-state index contributed by atoms with van der Waals surface area (Å²) < 4.78 is 82.5. The fourth-order valence-electron chi connectivity index (χ4n) is 2.40. The van der Waals surface area contributed by atoms with E-state index in [2.05, 4.69) is 0 Å². The molecule has 0 bridgehead atoms. The van der Waals surface area contributed by atoms with Crippen LogP contribution in [0.5, 0.6) is 5.75 Å². The molecule has 23 heavy (non-hydrogen) atoms. The first kappa shape index (κ1) is 17.4. The van der Waals surface area contributed by atoms with E-state index in [0.29, 0.717) is 10.6 Å². The number of nitrogens with zero attached hydrogens (tertiary/aromatic N) is 1. The Bertz CT molecular complexity index is 541. The Morgan fingerprint density at radius 1 is 1.09 bits per heavy atom. The van der Waals surface area contributed by atoms with Gasteiger partial charge in [0.2, 0.25) is 0 Å². The van der Waals surface area contributed by atoms with E-state index in [-0.39, 0.29) is 0 Å². The van der Waals surface area contributed by atoms with Crippen LogP contribution in [-0.4, -0.2) is 42.9 Å². The molecule has 1 aromatic carbocycles. The normalized spacial score (nSPS) is 18.1. The number of benzene rings is 1. The van der Waals surface area contributed by atoms with Crippen molar-refractivity contribution in [2.75, 3.05) is 19.7 Å². The Labute approximate surface area is 127 Å². The SMILES string of the molecule is O=C(COc1ccccc1)N1CCC(C(F)(F)F)(C(F)(F)F)C1. The van der Waals surface area contributed by atoms with Crippen LogP contribution in [0.25, 0.3) is 0 Å². The summed E-state index contributed by atoms with van der Waals surface area (Å²) in [7, 11) is 0. The first-order chi connectivity index (χ1) is 10.6. The zero-order valence-corrected chi connectivity index (χ0v) is 11.7. The fourth-order valence-corrected chi connectivity index (χ4v) is 2.40. The fraction of sp³-hybridized carbons (Fsp3) is 0.500. The van der Waals surface area contributed by atoms with Gasteiger partial charge in [-0.2, -0.15) is 26.3 Å². The topological polar surface area (TPSA) is 29.5 Å². The molecule has 0 aromatic heterocycles. The van der Waals surface area contributed by atoms with E-state index in [9.17, 15) is 31.1 Å². The first-order valence-electron chi connectivity index (χ1n) is 6.66. The van der Waals surface area contributed by atoms with Gasteiger partial charge in [-0.3, -0.25) is 4.79 Å². The van der Waals surface area contributed by atoms with Gasteiger partial charge in [-0.15, -0.1) is 0 Å². The summed E-state index contributed by atoms with van der Waals surface area (Å²) in [4.78, 5) is 12.4. The molecule has 1 fully saturated rings. The predicted octanol–water partition coefficient (Wildman–Crippen LogP) is 3.41. The summed E-state index contributed by atoms with van der Waals surface area (Å²) in [6.45, 7) is -2.66. The van der Waals surface area contributed by atoms with Crippen molar-refractivity contribution < 1.29 is 35.9 Å². The summed E-state index contributed by atoms with van der Waals surface area (Å²) in [5, 5.41) is 0. The minimum atomic E-state index is -5.47. The molecule has 0 N–H and O–H groups in total. The monoisotopic (exact) mass is 341 g/mol. The highest BCUT2D eigenvalue weighted by Crippen LogP contribution is 2.55. The van der Waals surface area contributed by atoms with E-state index >= 15 is 0 Å². The quantitative estimate of drug-likeness (QED) is 0.789. The Hall–Kier alpha value is -1.93. The van der Waals surface area contributed by atoms with E-state index in [4.69, 9.17) is 4.74 Å². The molecule has 0 saturated carbocycles. The van der Waals surface area contributed by atoms with E-state index in [1.165, 1.54) is 12.1 Å². The second kappa shape index (κ2) is 5.93. The molecule has 0 radical (unpaired) electrons. The number of alkyl halides is 6. The van der Waals surface area contributed by atoms with Crippen LogP contribution in [0.4, 0.5) is 26.3 Å². The van der Waals surface area contributed by atoms with Crippen LogP contribution in [0.15, 0.2) is 30.3 Å². The number of likely N-dealkylation sites (tertiary alicyclic amines) is 1. The lowest BCUT2D eigenvalue weighted by Crippen LogP contribution is -2.52. The number of carbonyl (C=O) groups excluding carboxylic acids is 1. The third-order valence-corrected chi connectivity index (χ3v) is 3.81. The van der Waals surface area contributed by atoms with Crippen molar-refractivity contribution in [1.82, 2.24) is 4.90 Å². The lowest BCUT2D eigenvalue weighted by Gasteiger charge is -2.33. The predicted molar refractivity (Wildman–Crippen MR) is 67.7 cm³/mol. The molecule has 2 rings (SSSR count). The van der Waals surface area contributed by atoms with Crippen LogP contribution in [0.3, 0.4) is 0 Å². The third-order valence-electron chi connectivity index (χ3n) is 3.81. The summed E-state index contributed by atoms with van der Waals surface area (Å²) in [6.07, 6.45) is -12.1. The minimum Gasteiger partial charge on any atom is -0.484 e. The Balaban J connectivity index is 2.04. The Morgan fingerprint density at radius 2 is 1.65 bits per heavy atom. The molecule has 1 heterocycles. The van der Waals surface area contributed by atoms with Gasteiger partial charge in [0, 0.05) is 13.1 Å². The summed E-state index contributed by atoms with van der Waals surface area (Å²) in [5.41, 5.74) is -3.87. The van der Waals surface area contributed by atoms with Crippen LogP contribution in [0.2, 0.25) is 0 Å². The molecule has 3 nitrogen and oxygen atoms in total. The number of rotatable bonds is 3. The number of carbonyl (C=O) groups is 1. The number of ether oxygens (including phenoxy) is 1. The van der Waals surface area contributed by atoms with Gasteiger partial charge in [-0.1, -0.05) is 18.2 Å². The molecule has 9 heteroatoms. The molecule has 1 aliphatic rings. The van der Waals surface area contributed by atoms with Crippen LogP contribution in [0, 0.1) is 5.41 Å². The van der Waals surface area contributed by atoms with Gasteiger partial charge in [0.15, 0.2) is 12.0 Å². The minimum absolute atomic E-state index is 0.304. The molecular weight excluding hydrogens is 328 g/mol. The van der Waals surface area contributed by atoms with Crippen molar-refractivity contribution in [3.63, 3.8) is 0 Å². The second-order valence-electron chi connectivity index (χ2n) is 5.24. The second-order valence-corrected chi connectivity index (χ2v) is 5.24. The standard InChI is InChI=1S/C14H13F6NO2/c15-13(16,17)12(14(18,19)20)6-7-21(9-12)11(22)8-23-10-4-2-1-3-5-10/h1-5H,6-9H2. The van der Waals surface area contributed by atoms with Crippen molar-refractivity contribution in [3.05, 3.63) is 30.3 Å². The maximum absolute atomic E-state index is 12.9. The molecule has 0 atom stereocenters. The average molecular weight is 341 g/mol. The highest BCUT2D eigenvalue weighted by atomic mass is 19.4. The van der Waals surface area contributed by atoms with Gasteiger partial charge in [0.05, 0.1) is 0 Å². The van der Waals surface area contributed by atoms with E-state index in [1.807, 2.05) is 0 Å². The number of para-hydroxylation sites is 1. The lowest BCUT2D eigenvalue weighted by molar-refractivity contribution is -0.334. The molecule has 128 valence electrons. The largest absolute Gasteiger partial charge is 0.484 e. The van der Waals surface area contributed by atoms with Crippen LogP contribution in [0.1, 0.15) is 6.42 Å². The number of halogens is 6. The van der Waals surface area contributed by atoms with Crippen molar-refractivity contribution in [2.45, 2.75) is 18.8 Å². The van der Waals surface area contributed by atoms with Gasteiger partial charge in [-0.05, 0) is 18.6 Å². The number of hydrogen-bond donors (Lipinski definition) is 0. The van der Waals surface area contributed by atoms with Crippen LogP contribution in [-0.2, 0) is 4.79 Å². The zero-order chi connectivity index (χ0) is 17.3. The summed E-state index contributed by atoms with van der Waals surface area (Å²) in [5.74, 6) is -0.609. The summed E-state index contributed by atoms with van der Waals surface area (Å²) >= 11 is 0. The molecule has 0 unspecified atom stereocenters. The lowest BCUT2D eigenvalue weighted by atomic mass is 9.85. The number of hydrogen-bond acceptors (Lipinski definition) is 2. The summed E-state index contributed by atoms with van der Waals surface area (Å²) in [6, 6.07) is 7.97. The van der Waals surface area contributed by atoms with E-state index < -0.39 is 49.8 Å². The molecule has 1 aromatic rings. The molecule has 0 aliphatic carbocycles. The maximum atomic E-state index is 12.9. The van der Waals surface area contributed by atoms with Crippen molar-refractivity contribution in [1.29, 1.82) is 0 Å². The maximum Gasteiger partial charge on any atom is 0.404 e. The van der Waals surface area contributed by atoms with Crippen molar-refractivity contribution >= 4 is 5.91 Å². The Kier molecular flexibility index (Phi) is 4.50. The Morgan fingerprint density at radius 3 is 2.13 bits per heavy atom. The molecule has 1 saturated heterocycles. The first-order valence-corrected chi connectivity index (χ1v) is 6.66. The van der Waals surface area contributed by atoms with E-state index in [0.717, 1.165) is 0 Å². The highest BCUT2D eigenvalue weighted by Gasteiger charge is 2.72. The van der Waals surface area contributed by atoms with Gasteiger partial charge >= 0.3 is 12.4 Å². The highest BCUT2D eigenvalue weighted by molar-refractivity contribution is 5.78. The zero-order valence-electron chi connectivity index (χ0n) is 11.7. The molecule has 1 aliphatic heterocycles. The smallest absolute Gasteiger partial charge is 0.404 e. The molecular formula is C14H13F6NO2. The van der Waals surface area contributed by atoms with Gasteiger partial charge in [0.25, 0.3) is 5.91 Å². The van der Waals surface area contributed by atoms with Crippen molar-refractivity contribution in [3.8, 4) is 5.75 Å². The van der Waals surface area contributed by atoms with Gasteiger partial charge in [-0.25, -0.2) is 0 Å². The third kappa shape index (κ3) is 3.37. The average Bonchev–Trinajstić information content (AvgIpc) is 2.92. The van der Waals surface area contributed by atoms with Crippen molar-refractivity contribution in [2.24, 2.45) is 5.41 Å². The number of amides is 1. The van der Waals surface area contributed by atoms with Crippen LogP contribution >= 0.6 is 0 Å². The van der Waals surface area contributed by atoms with E-state index in [1.54, 1.807) is 18.2 Å². The molecule has 1 amide bonds. The van der Waals surface area contributed by atoms with Gasteiger partial charge in [0.1, 0.15) is 5.75 Å². The van der Waals surface area contributed by atoms with Gasteiger partial charge < -0.3 is 9.64 Å². The molecule has 0 spiro atoms. The van der Waals surface area contributed by atoms with Crippen LogP contribution < -0.4 is 4.74 Å².